The van der Waals surface area contributed by atoms with Crippen molar-refractivity contribution in [3.63, 3.8) is 0 Å². The summed E-state index contributed by atoms with van der Waals surface area (Å²) < 4.78 is 26.0. The van der Waals surface area contributed by atoms with Gasteiger partial charge < -0.3 is 5.32 Å². The summed E-state index contributed by atoms with van der Waals surface area (Å²) in [5.74, 6) is -2.94. The second-order valence-electron chi connectivity index (χ2n) is 4.22. The van der Waals surface area contributed by atoms with Gasteiger partial charge in [0.15, 0.2) is 11.6 Å². The Morgan fingerprint density at radius 3 is 2.50 bits per heavy atom. The molecule has 0 aromatic heterocycles. The van der Waals surface area contributed by atoms with E-state index in [9.17, 15) is 23.7 Å². The van der Waals surface area contributed by atoms with Crippen molar-refractivity contribution in [1.82, 2.24) is 0 Å². The fourth-order valence-electron chi connectivity index (χ4n) is 1.76. The van der Waals surface area contributed by atoms with Crippen molar-refractivity contribution in [3.05, 3.63) is 63.7 Å². The van der Waals surface area contributed by atoms with Gasteiger partial charge in [-0.25, -0.2) is 8.78 Å². The highest BCUT2D eigenvalue weighted by atomic mass is 32.2. The lowest BCUT2D eigenvalue weighted by molar-refractivity contribution is -0.385. The van der Waals surface area contributed by atoms with Crippen molar-refractivity contribution in [2.75, 3.05) is 11.6 Å². The van der Waals surface area contributed by atoms with Crippen LogP contribution in [0.4, 0.5) is 20.2 Å². The Labute approximate surface area is 128 Å². The van der Waals surface area contributed by atoms with Crippen LogP contribution in [0.25, 0.3) is 0 Å². The van der Waals surface area contributed by atoms with E-state index in [0.29, 0.717) is 4.90 Å². The number of carbonyl (C=O) groups excluding carboxylic acids is 1. The van der Waals surface area contributed by atoms with Crippen LogP contribution in [-0.4, -0.2) is 17.1 Å². The number of amides is 1. The van der Waals surface area contributed by atoms with Crippen molar-refractivity contribution in [1.29, 1.82) is 0 Å². The van der Waals surface area contributed by atoms with Gasteiger partial charge in [0.05, 0.1) is 4.92 Å². The minimum Gasteiger partial charge on any atom is -0.322 e. The summed E-state index contributed by atoms with van der Waals surface area (Å²) in [6, 6.07) is 6.96. The number of rotatable bonds is 4. The van der Waals surface area contributed by atoms with Gasteiger partial charge in [-0.2, -0.15) is 0 Å². The van der Waals surface area contributed by atoms with Crippen molar-refractivity contribution < 1.29 is 18.5 Å². The number of carbonyl (C=O) groups is 1. The topological polar surface area (TPSA) is 72.2 Å². The average Bonchev–Trinajstić information content (AvgIpc) is 2.50. The van der Waals surface area contributed by atoms with E-state index in [2.05, 4.69) is 5.32 Å². The van der Waals surface area contributed by atoms with Crippen molar-refractivity contribution >= 4 is 29.0 Å². The van der Waals surface area contributed by atoms with Crippen LogP contribution in [-0.2, 0) is 0 Å². The average molecular weight is 324 g/mol. The molecule has 2 aromatic rings. The molecule has 0 saturated heterocycles. The van der Waals surface area contributed by atoms with E-state index in [1.165, 1.54) is 36.0 Å². The van der Waals surface area contributed by atoms with E-state index in [-0.39, 0.29) is 16.9 Å². The Balaban J connectivity index is 2.35. The lowest BCUT2D eigenvalue weighted by Gasteiger charge is -2.07. The van der Waals surface area contributed by atoms with Gasteiger partial charge in [0, 0.05) is 22.7 Å². The molecule has 0 saturated carbocycles. The summed E-state index contributed by atoms with van der Waals surface area (Å²) in [5, 5.41) is 13.3. The second kappa shape index (κ2) is 6.52. The summed E-state index contributed by atoms with van der Waals surface area (Å²) in [7, 11) is 0. The Morgan fingerprint density at radius 2 is 1.91 bits per heavy atom. The molecule has 1 amide bonds. The maximum absolute atomic E-state index is 13.1. The lowest BCUT2D eigenvalue weighted by atomic mass is 10.1. The molecule has 0 atom stereocenters. The Morgan fingerprint density at radius 1 is 1.18 bits per heavy atom. The van der Waals surface area contributed by atoms with Gasteiger partial charge in [-0.05, 0) is 30.5 Å². The molecule has 0 aliphatic carbocycles. The molecule has 0 bridgehead atoms. The number of nitro groups is 1. The molecule has 5 nitrogen and oxygen atoms in total. The Hall–Kier alpha value is -2.48. The summed E-state index contributed by atoms with van der Waals surface area (Å²) in [5.41, 5.74) is -0.507. The standard InChI is InChI=1S/C14H10F2N2O3S/c1-22-9-3-5-13(18(20)21)10(7-9)14(19)17-8-2-4-11(15)12(16)6-8/h2-7H,1H3,(H,17,19). The molecule has 0 aliphatic heterocycles. The van der Waals surface area contributed by atoms with Crippen LogP contribution in [0.2, 0.25) is 0 Å². The zero-order valence-corrected chi connectivity index (χ0v) is 12.1. The van der Waals surface area contributed by atoms with Gasteiger partial charge in [0.1, 0.15) is 5.56 Å². The van der Waals surface area contributed by atoms with Crippen molar-refractivity contribution in [2.45, 2.75) is 4.90 Å². The maximum atomic E-state index is 13.1. The molecule has 0 spiro atoms. The van der Waals surface area contributed by atoms with Gasteiger partial charge >= 0.3 is 0 Å². The Kier molecular flexibility index (Phi) is 4.71. The highest BCUT2D eigenvalue weighted by Crippen LogP contribution is 2.26. The van der Waals surface area contributed by atoms with Crippen LogP contribution < -0.4 is 5.32 Å². The number of nitrogens with one attached hydrogen (secondary N) is 1. The molecule has 0 unspecified atom stereocenters. The van der Waals surface area contributed by atoms with Crippen LogP contribution in [0.3, 0.4) is 0 Å². The molecule has 1 N–H and O–H groups in total. The Bertz CT molecular complexity index is 753. The first-order valence-electron chi connectivity index (χ1n) is 6.01. The molecular formula is C14H10F2N2O3S. The second-order valence-corrected chi connectivity index (χ2v) is 5.10. The van der Waals surface area contributed by atoms with Gasteiger partial charge in [-0.3, -0.25) is 14.9 Å². The van der Waals surface area contributed by atoms with Gasteiger partial charge in [0.25, 0.3) is 11.6 Å². The van der Waals surface area contributed by atoms with Crippen molar-refractivity contribution in [3.8, 4) is 0 Å². The van der Waals surface area contributed by atoms with Gasteiger partial charge in [-0.1, -0.05) is 0 Å². The van der Waals surface area contributed by atoms with Crippen molar-refractivity contribution in [2.24, 2.45) is 0 Å². The number of thioether (sulfide) groups is 1. The highest BCUT2D eigenvalue weighted by molar-refractivity contribution is 7.98. The third-order valence-corrected chi connectivity index (χ3v) is 3.55. The number of hydrogen-bond acceptors (Lipinski definition) is 4. The molecule has 114 valence electrons. The van der Waals surface area contributed by atoms with E-state index < -0.39 is 22.5 Å². The predicted molar refractivity (Wildman–Crippen MR) is 79.2 cm³/mol. The van der Waals surface area contributed by atoms with E-state index in [4.69, 9.17) is 0 Å². The largest absolute Gasteiger partial charge is 0.322 e. The SMILES string of the molecule is CSc1ccc([N+](=O)[O-])c(C(=O)Nc2ccc(F)c(F)c2)c1. The fraction of sp³-hybridized carbons (Fsp3) is 0.0714. The summed E-state index contributed by atoms with van der Waals surface area (Å²) in [6.45, 7) is 0. The number of halogens is 2. The molecule has 8 heteroatoms. The third kappa shape index (κ3) is 3.40. The zero-order valence-electron chi connectivity index (χ0n) is 11.3. The lowest BCUT2D eigenvalue weighted by Crippen LogP contribution is -2.14. The molecular weight excluding hydrogens is 314 g/mol. The minimum atomic E-state index is -1.12. The number of hydrogen-bond donors (Lipinski definition) is 1. The highest BCUT2D eigenvalue weighted by Gasteiger charge is 2.21. The first kappa shape index (κ1) is 15.9. The number of nitro benzene ring substituents is 1. The van der Waals surface area contributed by atoms with Crippen LogP contribution in [0, 0.1) is 21.7 Å². The third-order valence-electron chi connectivity index (χ3n) is 2.82. The molecule has 2 rings (SSSR count). The normalized spacial score (nSPS) is 10.3. The maximum Gasteiger partial charge on any atom is 0.282 e. The number of anilines is 1. The van der Waals surface area contributed by atoms with Gasteiger partial charge in [0.2, 0.25) is 0 Å². The van der Waals surface area contributed by atoms with E-state index in [1.54, 1.807) is 6.26 Å². The van der Waals surface area contributed by atoms with E-state index in [1.807, 2.05) is 0 Å². The first-order chi connectivity index (χ1) is 10.4. The van der Waals surface area contributed by atoms with E-state index >= 15 is 0 Å². The van der Waals surface area contributed by atoms with E-state index in [0.717, 1.165) is 12.1 Å². The minimum absolute atomic E-state index is 0.00718. The van der Waals surface area contributed by atoms with Crippen LogP contribution in [0.1, 0.15) is 10.4 Å². The monoisotopic (exact) mass is 324 g/mol. The first-order valence-corrected chi connectivity index (χ1v) is 7.23. The molecule has 0 radical (unpaired) electrons. The molecule has 0 fully saturated rings. The summed E-state index contributed by atoms with van der Waals surface area (Å²) in [6.07, 6.45) is 1.76. The molecule has 0 heterocycles. The predicted octanol–water partition coefficient (Wildman–Crippen LogP) is 3.85. The smallest absolute Gasteiger partial charge is 0.282 e. The molecule has 0 aliphatic rings. The summed E-state index contributed by atoms with van der Waals surface area (Å²) >= 11 is 1.32. The quantitative estimate of drug-likeness (QED) is 0.527. The molecule has 22 heavy (non-hydrogen) atoms. The van der Waals surface area contributed by atoms with Crippen LogP contribution >= 0.6 is 11.8 Å². The number of benzene rings is 2. The van der Waals surface area contributed by atoms with Crippen LogP contribution in [0.15, 0.2) is 41.3 Å². The summed E-state index contributed by atoms with van der Waals surface area (Å²) in [4.78, 5) is 23.1. The molecule has 2 aromatic carbocycles. The zero-order chi connectivity index (χ0) is 16.3. The van der Waals surface area contributed by atoms with Gasteiger partial charge in [-0.15, -0.1) is 11.8 Å². The fourth-order valence-corrected chi connectivity index (χ4v) is 2.20. The van der Waals surface area contributed by atoms with Crippen LogP contribution in [0.5, 0.6) is 0 Å². The number of nitrogens with zero attached hydrogens (tertiary/aromatic N) is 1.